The van der Waals surface area contributed by atoms with E-state index in [1.165, 1.54) is 18.4 Å². The SMILES string of the molecule is CC(=CCCNC(C)C)CC1CCCO1. The lowest BCUT2D eigenvalue weighted by molar-refractivity contribution is 0.111. The largest absolute Gasteiger partial charge is 0.378 e. The Hall–Kier alpha value is -0.340. The van der Waals surface area contributed by atoms with Crippen molar-refractivity contribution in [3.8, 4) is 0 Å². The van der Waals surface area contributed by atoms with E-state index in [0.717, 1.165) is 26.0 Å². The Balaban J connectivity index is 2.09. The predicted molar refractivity (Wildman–Crippen MR) is 65.1 cm³/mol. The summed E-state index contributed by atoms with van der Waals surface area (Å²) >= 11 is 0. The van der Waals surface area contributed by atoms with Crippen molar-refractivity contribution in [2.24, 2.45) is 0 Å². The van der Waals surface area contributed by atoms with Crippen molar-refractivity contribution in [3.05, 3.63) is 11.6 Å². The van der Waals surface area contributed by atoms with Crippen LogP contribution in [-0.2, 0) is 4.74 Å². The molecule has 0 amide bonds. The van der Waals surface area contributed by atoms with Gasteiger partial charge in [-0.25, -0.2) is 0 Å². The normalized spacial score (nSPS) is 22.7. The van der Waals surface area contributed by atoms with Gasteiger partial charge in [-0.05, 0) is 39.2 Å². The molecular formula is C13H25NO. The molecule has 0 aliphatic carbocycles. The second kappa shape index (κ2) is 7.02. The molecule has 1 N–H and O–H groups in total. The summed E-state index contributed by atoms with van der Waals surface area (Å²) in [6.07, 6.45) is 7.59. The van der Waals surface area contributed by atoms with Crippen molar-refractivity contribution >= 4 is 0 Å². The third-order valence-corrected chi connectivity index (χ3v) is 2.76. The van der Waals surface area contributed by atoms with Crippen LogP contribution in [0.4, 0.5) is 0 Å². The number of ether oxygens (including phenoxy) is 1. The standard InChI is InChI=1S/C13H25NO/c1-11(2)14-8-4-6-12(3)10-13-7-5-9-15-13/h6,11,13-14H,4-5,7-10H2,1-3H3. The molecule has 88 valence electrons. The molecule has 1 fully saturated rings. The summed E-state index contributed by atoms with van der Waals surface area (Å²) in [5.74, 6) is 0. The van der Waals surface area contributed by atoms with Gasteiger partial charge >= 0.3 is 0 Å². The Kier molecular flexibility index (Phi) is 5.96. The highest BCUT2D eigenvalue weighted by Crippen LogP contribution is 2.19. The van der Waals surface area contributed by atoms with E-state index >= 15 is 0 Å². The molecule has 15 heavy (non-hydrogen) atoms. The summed E-state index contributed by atoms with van der Waals surface area (Å²) in [5.41, 5.74) is 1.48. The highest BCUT2D eigenvalue weighted by Gasteiger charge is 2.15. The van der Waals surface area contributed by atoms with Crippen LogP contribution >= 0.6 is 0 Å². The van der Waals surface area contributed by atoms with Gasteiger partial charge in [-0.2, -0.15) is 0 Å². The Morgan fingerprint density at radius 2 is 2.33 bits per heavy atom. The molecular weight excluding hydrogens is 186 g/mol. The maximum Gasteiger partial charge on any atom is 0.0612 e. The van der Waals surface area contributed by atoms with Gasteiger partial charge < -0.3 is 10.1 Å². The minimum Gasteiger partial charge on any atom is -0.378 e. The van der Waals surface area contributed by atoms with Crippen LogP contribution < -0.4 is 5.32 Å². The molecule has 1 aliphatic rings. The third kappa shape index (κ3) is 5.95. The van der Waals surface area contributed by atoms with E-state index in [4.69, 9.17) is 4.74 Å². The molecule has 2 heteroatoms. The predicted octanol–water partition coefficient (Wildman–Crippen LogP) is 2.89. The van der Waals surface area contributed by atoms with E-state index in [9.17, 15) is 0 Å². The van der Waals surface area contributed by atoms with Crippen molar-refractivity contribution in [1.29, 1.82) is 0 Å². The van der Waals surface area contributed by atoms with Crippen LogP contribution in [0.3, 0.4) is 0 Å². The van der Waals surface area contributed by atoms with E-state index in [2.05, 4.69) is 32.2 Å². The van der Waals surface area contributed by atoms with E-state index in [-0.39, 0.29) is 0 Å². The molecule has 0 bridgehead atoms. The van der Waals surface area contributed by atoms with Crippen LogP contribution in [0.15, 0.2) is 11.6 Å². The van der Waals surface area contributed by atoms with Gasteiger partial charge in [0.1, 0.15) is 0 Å². The maximum atomic E-state index is 5.61. The summed E-state index contributed by atoms with van der Waals surface area (Å²) in [4.78, 5) is 0. The Morgan fingerprint density at radius 3 is 2.93 bits per heavy atom. The van der Waals surface area contributed by atoms with E-state index in [1.807, 2.05) is 0 Å². The van der Waals surface area contributed by atoms with Gasteiger partial charge in [0.2, 0.25) is 0 Å². The lowest BCUT2D eigenvalue weighted by Gasteiger charge is -2.10. The first-order valence-electron chi connectivity index (χ1n) is 6.19. The quantitative estimate of drug-likeness (QED) is 0.539. The van der Waals surface area contributed by atoms with E-state index in [1.54, 1.807) is 0 Å². The van der Waals surface area contributed by atoms with Gasteiger partial charge in [-0.3, -0.25) is 0 Å². The third-order valence-electron chi connectivity index (χ3n) is 2.76. The molecule has 1 heterocycles. The van der Waals surface area contributed by atoms with Crippen LogP contribution in [0.5, 0.6) is 0 Å². The van der Waals surface area contributed by atoms with Crippen molar-refractivity contribution in [1.82, 2.24) is 5.32 Å². The maximum absolute atomic E-state index is 5.61. The van der Waals surface area contributed by atoms with Gasteiger partial charge in [-0.15, -0.1) is 0 Å². The smallest absolute Gasteiger partial charge is 0.0612 e. The highest BCUT2D eigenvalue weighted by atomic mass is 16.5. The molecule has 0 saturated carbocycles. The van der Waals surface area contributed by atoms with Crippen LogP contribution in [0.2, 0.25) is 0 Å². The monoisotopic (exact) mass is 211 g/mol. The average Bonchev–Trinajstić information content (AvgIpc) is 2.64. The second-order valence-electron chi connectivity index (χ2n) is 4.79. The van der Waals surface area contributed by atoms with Crippen LogP contribution in [0, 0.1) is 0 Å². The molecule has 0 aromatic rings. The van der Waals surface area contributed by atoms with Gasteiger partial charge in [0, 0.05) is 12.6 Å². The minimum absolute atomic E-state index is 0.499. The van der Waals surface area contributed by atoms with Crippen molar-refractivity contribution in [2.45, 2.75) is 58.6 Å². The first-order chi connectivity index (χ1) is 7.18. The molecule has 0 aromatic carbocycles. The summed E-state index contributed by atoms with van der Waals surface area (Å²) in [6, 6.07) is 0.594. The lowest BCUT2D eigenvalue weighted by Crippen LogP contribution is -2.23. The van der Waals surface area contributed by atoms with Gasteiger partial charge in [0.05, 0.1) is 6.10 Å². The molecule has 1 rings (SSSR count). The fraction of sp³-hybridized carbons (Fsp3) is 0.846. The van der Waals surface area contributed by atoms with Gasteiger partial charge in [-0.1, -0.05) is 25.5 Å². The molecule has 1 aliphatic heterocycles. The second-order valence-corrected chi connectivity index (χ2v) is 4.79. The van der Waals surface area contributed by atoms with Crippen LogP contribution in [0.25, 0.3) is 0 Å². The first kappa shape index (κ1) is 12.7. The van der Waals surface area contributed by atoms with E-state index < -0.39 is 0 Å². The molecule has 0 radical (unpaired) electrons. The van der Waals surface area contributed by atoms with Gasteiger partial charge in [0.25, 0.3) is 0 Å². The number of rotatable bonds is 6. The summed E-state index contributed by atoms with van der Waals surface area (Å²) in [5, 5.41) is 3.42. The van der Waals surface area contributed by atoms with E-state index in [0.29, 0.717) is 12.1 Å². The fourth-order valence-electron chi connectivity index (χ4n) is 1.94. The average molecular weight is 211 g/mol. The van der Waals surface area contributed by atoms with Crippen LogP contribution in [-0.4, -0.2) is 25.3 Å². The molecule has 2 nitrogen and oxygen atoms in total. The Morgan fingerprint density at radius 1 is 1.53 bits per heavy atom. The van der Waals surface area contributed by atoms with Crippen molar-refractivity contribution in [2.75, 3.05) is 13.2 Å². The summed E-state index contributed by atoms with van der Waals surface area (Å²) < 4.78 is 5.61. The number of nitrogens with one attached hydrogen (secondary N) is 1. The highest BCUT2D eigenvalue weighted by molar-refractivity contribution is 5.00. The fourth-order valence-corrected chi connectivity index (χ4v) is 1.94. The zero-order chi connectivity index (χ0) is 11.1. The first-order valence-corrected chi connectivity index (χ1v) is 6.19. The number of hydrogen-bond acceptors (Lipinski definition) is 2. The number of hydrogen-bond donors (Lipinski definition) is 1. The molecule has 0 aromatic heterocycles. The molecule has 1 atom stereocenters. The van der Waals surface area contributed by atoms with Crippen molar-refractivity contribution in [3.63, 3.8) is 0 Å². The Bertz CT molecular complexity index is 193. The van der Waals surface area contributed by atoms with Crippen LogP contribution in [0.1, 0.15) is 46.5 Å². The van der Waals surface area contributed by atoms with Gasteiger partial charge in [0.15, 0.2) is 0 Å². The minimum atomic E-state index is 0.499. The summed E-state index contributed by atoms with van der Waals surface area (Å²) in [6.45, 7) is 8.64. The zero-order valence-corrected chi connectivity index (χ0v) is 10.4. The summed E-state index contributed by atoms with van der Waals surface area (Å²) in [7, 11) is 0. The Labute approximate surface area is 94.1 Å². The molecule has 0 spiro atoms. The lowest BCUT2D eigenvalue weighted by atomic mass is 10.1. The molecule has 1 unspecified atom stereocenters. The van der Waals surface area contributed by atoms with Crippen molar-refractivity contribution < 1.29 is 4.74 Å². The molecule has 1 saturated heterocycles. The topological polar surface area (TPSA) is 21.3 Å². The zero-order valence-electron chi connectivity index (χ0n) is 10.4.